The number of aryl methyl sites for hydroxylation is 1. The molecule has 2 aromatic rings. The summed E-state index contributed by atoms with van der Waals surface area (Å²) in [6, 6.07) is 2.44. The molecule has 8 heteroatoms. The number of carboxylic acids is 1. The van der Waals surface area contributed by atoms with Gasteiger partial charge in [0, 0.05) is 13.1 Å². The minimum absolute atomic E-state index is 0.0856. The van der Waals surface area contributed by atoms with Gasteiger partial charge in [-0.25, -0.2) is 9.18 Å². The van der Waals surface area contributed by atoms with Crippen molar-refractivity contribution < 1.29 is 28.5 Å². The van der Waals surface area contributed by atoms with E-state index in [1.807, 2.05) is 0 Å². The molecular formula is C14H15FN2O5. The Kier molecular flexibility index (Phi) is 4.20. The van der Waals surface area contributed by atoms with Gasteiger partial charge in [-0.3, -0.25) is 4.68 Å². The first-order chi connectivity index (χ1) is 10.4. The minimum Gasteiger partial charge on any atom is -0.493 e. The minimum atomic E-state index is -1.19. The zero-order chi connectivity index (χ0) is 16.4. The number of nitrogens with zero attached hydrogens (tertiary/aromatic N) is 2. The van der Waals surface area contributed by atoms with E-state index in [0.29, 0.717) is 5.69 Å². The lowest BCUT2D eigenvalue weighted by Gasteiger charge is -2.17. The third-order valence-corrected chi connectivity index (χ3v) is 3.14. The van der Waals surface area contributed by atoms with Crippen LogP contribution in [0.5, 0.6) is 17.2 Å². The first-order valence-electron chi connectivity index (χ1n) is 6.20. The number of carbonyl (C=O) groups is 1. The molecule has 0 fully saturated rings. The number of benzene rings is 1. The summed E-state index contributed by atoms with van der Waals surface area (Å²) in [5, 5.41) is 12.9. The van der Waals surface area contributed by atoms with Crippen molar-refractivity contribution in [2.75, 3.05) is 21.3 Å². The fourth-order valence-electron chi connectivity index (χ4n) is 2.18. The Morgan fingerprint density at radius 3 is 2.27 bits per heavy atom. The highest BCUT2D eigenvalue weighted by atomic mass is 19.1. The Morgan fingerprint density at radius 2 is 1.82 bits per heavy atom. The summed E-state index contributed by atoms with van der Waals surface area (Å²) < 4.78 is 31.0. The zero-order valence-corrected chi connectivity index (χ0v) is 12.5. The molecule has 0 aliphatic carbocycles. The summed E-state index contributed by atoms with van der Waals surface area (Å²) in [6.07, 6.45) is 0. The van der Waals surface area contributed by atoms with Crippen LogP contribution in [0.4, 0.5) is 4.39 Å². The standard InChI is InChI=1S/C14H15FN2O5/c1-17-9(6-8(16-17)14(18)19)11-12(21-3)7(15)5-10(20-2)13(11)22-4/h5-6H,1-4H3,(H,18,19). The number of carboxylic acid groups (broad SMARTS) is 1. The van der Waals surface area contributed by atoms with Crippen molar-refractivity contribution in [3.05, 3.63) is 23.6 Å². The van der Waals surface area contributed by atoms with E-state index in [2.05, 4.69) is 5.10 Å². The molecule has 0 spiro atoms. The van der Waals surface area contributed by atoms with Crippen molar-refractivity contribution >= 4 is 5.97 Å². The molecule has 0 amide bonds. The lowest BCUT2D eigenvalue weighted by atomic mass is 10.1. The third-order valence-electron chi connectivity index (χ3n) is 3.14. The SMILES string of the molecule is COc1cc(F)c(OC)c(-c2cc(C(=O)O)nn2C)c1OC. The Hall–Kier alpha value is -2.77. The smallest absolute Gasteiger partial charge is 0.356 e. The van der Waals surface area contributed by atoms with Crippen LogP contribution in [-0.2, 0) is 7.05 Å². The van der Waals surface area contributed by atoms with Crippen LogP contribution in [0.1, 0.15) is 10.5 Å². The van der Waals surface area contributed by atoms with Gasteiger partial charge in [0.25, 0.3) is 0 Å². The van der Waals surface area contributed by atoms with Gasteiger partial charge in [0.15, 0.2) is 28.8 Å². The Bertz CT molecular complexity index is 727. The topological polar surface area (TPSA) is 82.8 Å². The fourth-order valence-corrected chi connectivity index (χ4v) is 2.18. The summed E-state index contributed by atoms with van der Waals surface area (Å²) in [7, 11) is 5.62. The molecule has 1 aromatic carbocycles. The number of methoxy groups -OCH3 is 3. The number of ether oxygens (including phenoxy) is 3. The van der Waals surface area contributed by atoms with E-state index < -0.39 is 11.8 Å². The molecule has 0 saturated heterocycles. The van der Waals surface area contributed by atoms with Crippen LogP contribution in [0.25, 0.3) is 11.3 Å². The van der Waals surface area contributed by atoms with Crippen molar-refractivity contribution in [1.82, 2.24) is 9.78 Å². The summed E-state index contributed by atoms with van der Waals surface area (Å²) >= 11 is 0. The lowest BCUT2D eigenvalue weighted by molar-refractivity contribution is 0.0689. The number of hydrogen-bond donors (Lipinski definition) is 1. The van der Waals surface area contributed by atoms with Gasteiger partial charge in [0.1, 0.15) is 0 Å². The van der Waals surface area contributed by atoms with Crippen LogP contribution >= 0.6 is 0 Å². The van der Waals surface area contributed by atoms with E-state index in [1.54, 1.807) is 0 Å². The number of hydrogen-bond acceptors (Lipinski definition) is 5. The van der Waals surface area contributed by atoms with Crippen LogP contribution in [0.15, 0.2) is 12.1 Å². The third kappa shape index (κ3) is 2.43. The predicted molar refractivity (Wildman–Crippen MR) is 75.2 cm³/mol. The first kappa shape index (κ1) is 15.6. The highest BCUT2D eigenvalue weighted by Crippen LogP contribution is 2.46. The summed E-state index contributed by atoms with van der Waals surface area (Å²) in [5.41, 5.74) is 0.373. The molecule has 2 rings (SSSR count). The molecule has 0 unspecified atom stereocenters. The monoisotopic (exact) mass is 310 g/mol. The van der Waals surface area contributed by atoms with Gasteiger partial charge in [0.2, 0.25) is 0 Å². The zero-order valence-electron chi connectivity index (χ0n) is 12.5. The molecule has 1 N–H and O–H groups in total. The Morgan fingerprint density at radius 1 is 1.18 bits per heavy atom. The van der Waals surface area contributed by atoms with E-state index in [9.17, 15) is 9.18 Å². The average Bonchev–Trinajstić information content (AvgIpc) is 2.87. The maximum absolute atomic E-state index is 14.2. The second-order valence-electron chi connectivity index (χ2n) is 4.35. The van der Waals surface area contributed by atoms with E-state index in [1.165, 1.54) is 39.1 Å². The normalized spacial score (nSPS) is 10.4. The molecule has 0 aliphatic heterocycles. The molecule has 22 heavy (non-hydrogen) atoms. The van der Waals surface area contributed by atoms with Crippen LogP contribution in [0, 0.1) is 5.82 Å². The number of aromatic carboxylic acids is 1. The quantitative estimate of drug-likeness (QED) is 0.909. The maximum atomic E-state index is 14.2. The van der Waals surface area contributed by atoms with Crippen molar-refractivity contribution in [3.63, 3.8) is 0 Å². The molecule has 1 heterocycles. The Labute approximate surface area is 125 Å². The maximum Gasteiger partial charge on any atom is 0.356 e. The molecular weight excluding hydrogens is 295 g/mol. The number of rotatable bonds is 5. The van der Waals surface area contributed by atoms with Gasteiger partial charge >= 0.3 is 5.97 Å². The predicted octanol–water partition coefficient (Wildman–Crippen LogP) is 1.95. The molecule has 0 saturated carbocycles. The molecule has 0 radical (unpaired) electrons. The van der Waals surface area contributed by atoms with Crippen molar-refractivity contribution in [2.45, 2.75) is 0 Å². The highest BCUT2D eigenvalue weighted by Gasteiger charge is 2.25. The summed E-state index contributed by atoms with van der Waals surface area (Å²) in [5.74, 6) is -1.55. The van der Waals surface area contributed by atoms with Crippen LogP contribution < -0.4 is 14.2 Å². The van der Waals surface area contributed by atoms with Gasteiger partial charge in [-0.1, -0.05) is 0 Å². The van der Waals surface area contributed by atoms with Crippen molar-refractivity contribution in [1.29, 1.82) is 0 Å². The number of aromatic nitrogens is 2. The molecule has 0 atom stereocenters. The van der Waals surface area contributed by atoms with E-state index in [0.717, 1.165) is 6.07 Å². The van der Waals surface area contributed by atoms with E-state index in [4.69, 9.17) is 19.3 Å². The molecule has 1 aromatic heterocycles. The number of halogens is 1. The van der Waals surface area contributed by atoms with Crippen LogP contribution in [0.2, 0.25) is 0 Å². The van der Waals surface area contributed by atoms with Gasteiger partial charge in [-0.05, 0) is 6.07 Å². The van der Waals surface area contributed by atoms with E-state index in [-0.39, 0.29) is 28.5 Å². The second kappa shape index (κ2) is 5.92. The second-order valence-corrected chi connectivity index (χ2v) is 4.35. The molecule has 0 aliphatic rings. The van der Waals surface area contributed by atoms with Gasteiger partial charge in [-0.15, -0.1) is 0 Å². The Balaban J connectivity index is 2.82. The summed E-state index contributed by atoms with van der Waals surface area (Å²) in [4.78, 5) is 11.1. The average molecular weight is 310 g/mol. The van der Waals surface area contributed by atoms with Gasteiger partial charge < -0.3 is 19.3 Å². The largest absolute Gasteiger partial charge is 0.493 e. The summed E-state index contributed by atoms with van der Waals surface area (Å²) in [6.45, 7) is 0. The van der Waals surface area contributed by atoms with Gasteiger partial charge in [-0.2, -0.15) is 5.10 Å². The van der Waals surface area contributed by atoms with Crippen molar-refractivity contribution in [3.8, 4) is 28.5 Å². The highest BCUT2D eigenvalue weighted by molar-refractivity contribution is 5.88. The first-order valence-corrected chi connectivity index (χ1v) is 6.20. The fraction of sp³-hybridized carbons (Fsp3) is 0.286. The lowest BCUT2D eigenvalue weighted by Crippen LogP contribution is -2.03. The van der Waals surface area contributed by atoms with Crippen LogP contribution in [0.3, 0.4) is 0 Å². The van der Waals surface area contributed by atoms with E-state index >= 15 is 0 Å². The molecule has 0 bridgehead atoms. The van der Waals surface area contributed by atoms with Crippen LogP contribution in [-0.4, -0.2) is 42.2 Å². The van der Waals surface area contributed by atoms with Crippen molar-refractivity contribution in [2.24, 2.45) is 7.05 Å². The molecule has 7 nitrogen and oxygen atoms in total. The van der Waals surface area contributed by atoms with Gasteiger partial charge in [0.05, 0.1) is 32.6 Å². The molecule has 118 valence electrons.